The maximum absolute atomic E-state index is 13.3. The van der Waals surface area contributed by atoms with E-state index in [-0.39, 0.29) is 11.8 Å². The number of amides is 1. The number of nitrogens with one attached hydrogen (secondary N) is 1. The van der Waals surface area contributed by atoms with Crippen LogP contribution in [0.15, 0.2) is 47.2 Å². The number of pyridine rings is 1. The lowest BCUT2D eigenvalue weighted by Gasteiger charge is -2.16. The zero-order chi connectivity index (χ0) is 24.7. The molecule has 1 aromatic carbocycles. The maximum atomic E-state index is 13.3. The Morgan fingerprint density at radius 3 is 2.86 bits per heavy atom. The fraction of sp³-hybridized carbons (Fsp3) is 0.385. The number of benzene rings is 1. The second-order valence-electron chi connectivity index (χ2n) is 9.87. The summed E-state index contributed by atoms with van der Waals surface area (Å²) in [6.07, 6.45) is 5.30. The van der Waals surface area contributed by atoms with Crippen LogP contribution in [0.25, 0.3) is 17.0 Å². The van der Waals surface area contributed by atoms with E-state index in [1.807, 2.05) is 37.4 Å². The Hall–Kier alpha value is -3.59. The van der Waals surface area contributed by atoms with Gasteiger partial charge in [0.2, 0.25) is 11.7 Å². The molecule has 1 amide bonds. The standard InChI is InChI=1S/C26H28FN5O3/c1-15-6-7-17(23-30-25(35-31-23)18-13-19(18)27)12-20(15)29-24(33)21-14-28-22-11-16(8-10-32(21)22)5-4-9-26(2,3)34/h6-8,10-12,14,18-19,34H,4-5,9,13H2,1-3H3,(H,29,33)/t18-,19-/m1/s1. The van der Waals surface area contributed by atoms with Crippen molar-refractivity contribution < 1.29 is 18.8 Å². The van der Waals surface area contributed by atoms with Gasteiger partial charge in [-0.05, 0) is 75.8 Å². The van der Waals surface area contributed by atoms with Crippen molar-refractivity contribution in [2.24, 2.45) is 0 Å². The number of aryl methyl sites for hydroxylation is 2. The van der Waals surface area contributed by atoms with E-state index >= 15 is 0 Å². The molecule has 0 saturated heterocycles. The van der Waals surface area contributed by atoms with E-state index in [1.165, 1.54) is 0 Å². The summed E-state index contributed by atoms with van der Waals surface area (Å²) in [5.41, 5.74) is 3.69. The summed E-state index contributed by atoms with van der Waals surface area (Å²) < 4.78 is 20.3. The zero-order valence-corrected chi connectivity index (χ0v) is 20.0. The van der Waals surface area contributed by atoms with Crippen LogP contribution in [0.1, 0.15) is 66.5 Å². The number of hydrogen-bond acceptors (Lipinski definition) is 6. The van der Waals surface area contributed by atoms with E-state index in [1.54, 1.807) is 30.5 Å². The van der Waals surface area contributed by atoms with Gasteiger partial charge in [-0.25, -0.2) is 9.37 Å². The topological polar surface area (TPSA) is 106 Å². The van der Waals surface area contributed by atoms with Crippen molar-refractivity contribution in [1.82, 2.24) is 19.5 Å². The smallest absolute Gasteiger partial charge is 0.274 e. The van der Waals surface area contributed by atoms with Crippen LogP contribution < -0.4 is 5.32 Å². The van der Waals surface area contributed by atoms with E-state index in [0.29, 0.717) is 47.1 Å². The van der Waals surface area contributed by atoms with E-state index < -0.39 is 11.8 Å². The van der Waals surface area contributed by atoms with Gasteiger partial charge in [-0.3, -0.25) is 9.20 Å². The quantitative estimate of drug-likeness (QED) is 0.375. The van der Waals surface area contributed by atoms with Crippen molar-refractivity contribution in [1.29, 1.82) is 0 Å². The molecule has 35 heavy (non-hydrogen) atoms. The normalized spacial score (nSPS) is 17.6. The van der Waals surface area contributed by atoms with Gasteiger partial charge >= 0.3 is 0 Å². The van der Waals surface area contributed by atoms with Crippen molar-refractivity contribution in [2.75, 3.05) is 5.32 Å². The number of imidazole rings is 1. The Morgan fingerprint density at radius 1 is 1.31 bits per heavy atom. The van der Waals surface area contributed by atoms with E-state index in [2.05, 4.69) is 20.4 Å². The van der Waals surface area contributed by atoms with Crippen LogP contribution in [-0.4, -0.2) is 42.3 Å². The Balaban J connectivity index is 1.31. The first-order valence-corrected chi connectivity index (χ1v) is 11.8. The summed E-state index contributed by atoms with van der Waals surface area (Å²) in [6, 6.07) is 9.42. The molecule has 3 aromatic heterocycles. The van der Waals surface area contributed by atoms with Crippen molar-refractivity contribution in [2.45, 2.75) is 64.1 Å². The number of anilines is 1. The maximum Gasteiger partial charge on any atom is 0.274 e. The summed E-state index contributed by atoms with van der Waals surface area (Å²) in [5, 5.41) is 16.8. The van der Waals surface area contributed by atoms with Gasteiger partial charge in [0.1, 0.15) is 17.5 Å². The van der Waals surface area contributed by atoms with Gasteiger partial charge < -0.3 is 14.9 Å². The largest absolute Gasteiger partial charge is 0.390 e. The molecule has 1 saturated carbocycles. The lowest BCUT2D eigenvalue weighted by Crippen LogP contribution is -2.18. The molecule has 1 fully saturated rings. The highest BCUT2D eigenvalue weighted by atomic mass is 19.1. The van der Waals surface area contributed by atoms with Crippen molar-refractivity contribution in [3.63, 3.8) is 0 Å². The summed E-state index contributed by atoms with van der Waals surface area (Å²) in [6.45, 7) is 5.51. The average Bonchev–Trinajstić information content (AvgIpc) is 3.19. The number of aromatic nitrogens is 4. The number of carbonyl (C=O) groups is 1. The molecule has 5 rings (SSSR count). The first kappa shape index (κ1) is 23.2. The molecule has 182 valence electrons. The number of nitrogens with zero attached hydrogens (tertiary/aromatic N) is 4. The number of fused-ring (bicyclic) bond motifs is 1. The highest BCUT2D eigenvalue weighted by molar-refractivity contribution is 6.04. The fourth-order valence-corrected chi connectivity index (χ4v) is 4.08. The highest BCUT2D eigenvalue weighted by Crippen LogP contribution is 2.43. The molecule has 1 aliphatic carbocycles. The molecule has 0 spiro atoms. The van der Waals surface area contributed by atoms with Crippen LogP contribution in [0.4, 0.5) is 10.1 Å². The van der Waals surface area contributed by atoms with Crippen LogP contribution in [0.2, 0.25) is 0 Å². The van der Waals surface area contributed by atoms with Crippen LogP contribution >= 0.6 is 0 Å². The molecule has 4 aromatic rings. The van der Waals surface area contributed by atoms with Gasteiger partial charge in [0.25, 0.3) is 5.91 Å². The van der Waals surface area contributed by atoms with E-state index in [9.17, 15) is 14.3 Å². The molecule has 1 aliphatic rings. The Kier molecular flexibility index (Phi) is 5.88. The Labute approximate surface area is 202 Å². The third-order valence-electron chi connectivity index (χ3n) is 6.28. The first-order valence-electron chi connectivity index (χ1n) is 11.8. The predicted molar refractivity (Wildman–Crippen MR) is 129 cm³/mol. The highest BCUT2D eigenvalue weighted by Gasteiger charge is 2.43. The van der Waals surface area contributed by atoms with Crippen molar-refractivity contribution in [3.8, 4) is 11.4 Å². The molecule has 3 heterocycles. The molecule has 9 heteroatoms. The second kappa shape index (κ2) is 8.88. The number of rotatable bonds is 8. The molecule has 0 radical (unpaired) electrons. The van der Waals surface area contributed by atoms with Gasteiger partial charge in [-0.1, -0.05) is 17.3 Å². The van der Waals surface area contributed by atoms with E-state index in [0.717, 1.165) is 24.0 Å². The van der Waals surface area contributed by atoms with Crippen LogP contribution in [-0.2, 0) is 6.42 Å². The SMILES string of the molecule is Cc1ccc(-c2noc([C@@H]3C[C@H]3F)n2)cc1NC(=O)c1cnc2cc(CCCC(C)(C)O)ccn12. The minimum absolute atomic E-state index is 0.292. The molecular weight excluding hydrogens is 449 g/mol. The van der Waals surface area contributed by atoms with Gasteiger partial charge in [-0.2, -0.15) is 4.98 Å². The summed E-state index contributed by atoms with van der Waals surface area (Å²) in [4.78, 5) is 21.8. The summed E-state index contributed by atoms with van der Waals surface area (Å²) in [5.74, 6) is 0.0722. The van der Waals surface area contributed by atoms with Gasteiger partial charge in [0, 0.05) is 17.4 Å². The Morgan fingerprint density at radius 2 is 2.11 bits per heavy atom. The monoisotopic (exact) mass is 477 g/mol. The molecule has 0 bridgehead atoms. The Bertz CT molecular complexity index is 1390. The number of carbonyl (C=O) groups excluding carboxylic acids is 1. The number of hydrogen-bond donors (Lipinski definition) is 2. The van der Waals surface area contributed by atoms with Crippen molar-refractivity contribution in [3.05, 3.63) is 65.4 Å². The van der Waals surface area contributed by atoms with Gasteiger partial charge in [0.15, 0.2) is 0 Å². The molecule has 8 nitrogen and oxygen atoms in total. The third-order valence-corrected chi connectivity index (χ3v) is 6.28. The average molecular weight is 478 g/mol. The molecule has 2 N–H and O–H groups in total. The lowest BCUT2D eigenvalue weighted by atomic mass is 9.99. The number of halogens is 1. The zero-order valence-electron chi connectivity index (χ0n) is 20.0. The third kappa shape index (κ3) is 5.09. The lowest BCUT2D eigenvalue weighted by molar-refractivity contribution is 0.0689. The summed E-state index contributed by atoms with van der Waals surface area (Å²) in [7, 11) is 0. The molecular formula is C26H28FN5O3. The number of aliphatic hydroxyl groups is 1. The van der Waals surface area contributed by atoms with Gasteiger partial charge in [-0.15, -0.1) is 0 Å². The fourth-order valence-electron chi connectivity index (χ4n) is 4.08. The van der Waals surface area contributed by atoms with Crippen LogP contribution in [0.5, 0.6) is 0 Å². The first-order chi connectivity index (χ1) is 16.7. The predicted octanol–water partition coefficient (Wildman–Crippen LogP) is 4.86. The molecule has 0 aliphatic heterocycles. The summed E-state index contributed by atoms with van der Waals surface area (Å²) >= 11 is 0. The van der Waals surface area contributed by atoms with Crippen LogP contribution in [0.3, 0.4) is 0 Å². The molecule has 2 atom stereocenters. The second-order valence-corrected chi connectivity index (χ2v) is 9.87. The van der Waals surface area contributed by atoms with Crippen molar-refractivity contribution >= 4 is 17.2 Å². The van der Waals surface area contributed by atoms with E-state index in [4.69, 9.17) is 4.52 Å². The number of alkyl halides is 1. The van der Waals surface area contributed by atoms with Crippen LogP contribution in [0, 0.1) is 6.92 Å². The minimum Gasteiger partial charge on any atom is -0.390 e. The molecule has 0 unspecified atom stereocenters. The minimum atomic E-state index is -0.912. The van der Waals surface area contributed by atoms with Gasteiger partial charge in [0.05, 0.1) is 17.7 Å².